The molecule has 0 amide bonds. The molecule has 2 nitrogen and oxygen atoms in total. The molecule has 0 saturated heterocycles. The summed E-state index contributed by atoms with van der Waals surface area (Å²) in [7, 11) is -1.54. The summed E-state index contributed by atoms with van der Waals surface area (Å²) in [5.41, 5.74) is 3.34. The maximum absolute atomic E-state index is 5.12. The van der Waals surface area contributed by atoms with Crippen molar-refractivity contribution in [2.45, 2.75) is 19.1 Å². The molecule has 1 heterocycles. The van der Waals surface area contributed by atoms with E-state index in [2.05, 4.69) is 60.5 Å². The van der Waals surface area contributed by atoms with Gasteiger partial charge >= 0.3 is 0 Å². The number of aromatic nitrogens is 1. The van der Waals surface area contributed by atoms with E-state index in [9.17, 15) is 0 Å². The summed E-state index contributed by atoms with van der Waals surface area (Å²) in [6.45, 7) is 4.82. The monoisotopic (exact) mass is 292 g/mol. The van der Waals surface area contributed by atoms with Crippen LogP contribution in [-0.2, 0) is 6.04 Å². The Hall–Kier alpha value is -2.13. The van der Waals surface area contributed by atoms with Gasteiger partial charge in [0.1, 0.15) is 12.0 Å². The summed E-state index contributed by atoms with van der Waals surface area (Å²) >= 11 is 0. The van der Waals surface area contributed by atoms with E-state index in [1.54, 1.807) is 6.26 Å². The van der Waals surface area contributed by atoms with E-state index in [1.165, 1.54) is 17.1 Å². The number of oxazole rings is 1. The molecule has 0 fully saturated rings. The van der Waals surface area contributed by atoms with Gasteiger partial charge in [0.25, 0.3) is 0 Å². The Morgan fingerprint density at radius 2 is 1.95 bits per heavy atom. The van der Waals surface area contributed by atoms with Crippen molar-refractivity contribution in [3.8, 4) is 11.3 Å². The van der Waals surface area contributed by atoms with Crippen LogP contribution in [0.15, 0.2) is 65.6 Å². The van der Waals surface area contributed by atoms with Crippen LogP contribution in [0.4, 0.5) is 0 Å². The van der Waals surface area contributed by atoms with Crippen molar-refractivity contribution in [1.82, 2.24) is 4.98 Å². The molecule has 0 N–H and O–H groups in total. The van der Waals surface area contributed by atoms with Gasteiger partial charge in [-0.25, -0.2) is 4.98 Å². The third-order valence-corrected chi connectivity index (χ3v) is 7.01. The van der Waals surface area contributed by atoms with Crippen molar-refractivity contribution in [3.63, 3.8) is 0 Å². The normalized spacial score (nSPS) is 11.5. The average molecular weight is 292 g/mol. The molecule has 1 aromatic heterocycles. The van der Waals surface area contributed by atoms with Gasteiger partial charge in [-0.05, 0) is 23.7 Å². The molecule has 0 saturated carbocycles. The van der Waals surface area contributed by atoms with E-state index < -0.39 is 8.07 Å². The van der Waals surface area contributed by atoms with Crippen LogP contribution in [0.5, 0.6) is 0 Å². The summed E-state index contributed by atoms with van der Waals surface area (Å²) in [4.78, 5) is 4.28. The van der Waals surface area contributed by atoms with E-state index >= 15 is 0 Å². The third kappa shape index (κ3) is 2.98. The van der Waals surface area contributed by atoms with E-state index in [-0.39, 0.29) is 0 Å². The van der Waals surface area contributed by atoms with Gasteiger partial charge in [-0.15, -0.1) is 0 Å². The molecule has 3 heteroatoms. The lowest BCUT2D eigenvalue weighted by atomic mass is 10.1. The maximum atomic E-state index is 5.12. The summed E-state index contributed by atoms with van der Waals surface area (Å²) in [5, 5.41) is 1.48. The molecular weight excluding hydrogens is 274 g/mol. The lowest BCUT2D eigenvalue weighted by Crippen LogP contribution is -2.44. The fourth-order valence-electron chi connectivity index (χ4n) is 2.67. The van der Waals surface area contributed by atoms with E-state index in [0.29, 0.717) is 0 Å². The highest BCUT2D eigenvalue weighted by molar-refractivity contribution is 6.89. The van der Waals surface area contributed by atoms with Gasteiger partial charge in [0.15, 0.2) is 6.39 Å². The molecule has 0 bridgehead atoms. The van der Waals surface area contributed by atoms with Gasteiger partial charge in [-0.2, -0.15) is 0 Å². The number of nitrogens with zero attached hydrogens (tertiary/aromatic N) is 1. The van der Waals surface area contributed by atoms with Gasteiger partial charge in [0.2, 0.25) is 0 Å². The van der Waals surface area contributed by atoms with Crippen molar-refractivity contribution in [3.05, 3.63) is 72.8 Å². The molecule has 0 aliphatic carbocycles. The molecule has 3 rings (SSSR count). The highest BCUT2D eigenvalue weighted by Crippen LogP contribution is 2.24. The first-order valence-electron chi connectivity index (χ1n) is 7.10. The predicted molar refractivity (Wildman–Crippen MR) is 88.0 cm³/mol. The Morgan fingerprint density at radius 3 is 2.67 bits per heavy atom. The predicted octanol–water partition coefficient (Wildman–Crippen LogP) is 3.84. The second kappa shape index (κ2) is 5.70. The van der Waals surface area contributed by atoms with Crippen LogP contribution in [-0.4, -0.2) is 13.1 Å². The summed E-state index contributed by atoms with van der Waals surface area (Å²) < 4.78 is 5.12. The topological polar surface area (TPSA) is 26.0 Å². The minimum Gasteiger partial charge on any atom is -0.451 e. The number of rotatable bonds is 4. The largest absolute Gasteiger partial charge is 0.451 e. The van der Waals surface area contributed by atoms with Crippen molar-refractivity contribution in [2.24, 2.45) is 0 Å². The minimum atomic E-state index is -1.54. The van der Waals surface area contributed by atoms with Crippen LogP contribution in [0.2, 0.25) is 13.1 Å². The first-order chi connectivity index (χ1) is 10.2. The maximum Gasteiger partial charge on any atom is 0.181 e. The van der Waals surface area contributed by atoms with Crippen LogP contribution in [0.3, 0.4) is 0 Å². The van der Waals surface area contributed by atoms with E-state index in [1.807, 2.05) is 12.1 Å². The smallest absolute Gasteiger partial charge is 0.181 e. The number of benzene rings is 2. The molecule has 0 spiro atoms. The lowest BCUT2D eigenvalue weighted by Gasteiger charge is -2.24. The molecule has 0 atom stereocenters. The zero-order valence-electron chi connectivity index (χ0n) is 12.3. The second-order valence-electron chi connectivity index (χ2n) is 5.88. The Bertz CT molecular complexity index is 705. The average Bonchev–Trinajstić information content (AvgIpc) is 3.02. The standard InChI is InChI=1S/C18H18NOSi/c1-21(2,16-9-4-3-5-10-16)13-15-8-6-7-11-17(15)18-12-20-14-19-18/h3-6,8-12,14H,13H2,1-2H3. The van der Waals surface area contributed by atoms with Crippen LogP contribution >= 0.6 is 0 Å². The van der Waals surface area contributed by atoms with Gasteiger partial charge in [0, 0.05) is 5.56 Å². The first kappa shape index (κ1) is 13.8. The van der Waals surface area contributed by atoms with Crippen molar-refractivity contribution < 1.29 is 4.42 Å². The van der Waals surface area contributed by atoms with Crippen molar-refractivity contribution >= 4 is 13.3 Å². The summed E-state index contributed by atoms with van der Waals surface area (Å²) in [6.07, 6.45) is 3.18. The molecule has 0 aliphatic rings. The zero-order chi connectivity index (χ0) is 14.7. The Kier molecular flexibility index (Phi) is 3.75. The van der Waals surface area contributed by atoms with Crippen LogP contribution < -0.4 is 5.19 Å². The van der Waals surface area contributed by atoms with E-state index in [4.69, 9.17) is 4.42 Å². The molecule has 105 valence electrons. The molecule has 0 unspecified atom stereocenters. The summed E-state index contributed by atoms with van der Waals surface area (Å²) in [5.74, 6) is 0. The SMILES string of the molecule is C[Si](C)(Cc1cc[c]cc1-c1cocn1)c1ccccc1. The molecule has 21 heavy (non-hydrogen) atoms. The third-order valence-electron chi connectivity index (χ3n) is 3.85. The molecule has 1 radical (unpaired) electrons. The molecule has 2 aromatic carbocycles. The second-order valence-corrected chi connectivity index (χ2v) is 10.6. The lowest BCUT2D eigenvalue weighted by molar-refractivity contribution is 0.558. The minimum absolute atomic E-state index is 0.889. The first-order valence-corrected chi connectivity index (χ1v) is 10.3. The van der Waals surface area contributed by atoms with Gasteiger partial charge in [-0.1, -0.05) is 60.7 Å². The zero-order valence-corrected chi connectivity index (χ0v) is 13.3. The van der Waals surface area contributed by atoms with Crippen molar-refractivity contribution in [1.29, 1.82) is 0 Å². The summed E-state index contributed by atoms with van der Waals surface area (Å²) in [6, 6.07) is 21.2. The Morgan fingerprint density at radius 1 is 1.14 bits per heavy atom. The van der Waals surface area contributed by atoms with Crippen LogP contribution in [0.1, 0.15) is 5.56 Å². The number of hydrogen-bond donors (Lipinski definition) is 0. The van der Waals surface area contributed by atoms with Crippen molar-refractivity contribution in [2.75, 3.05) is 0 Å². The molecular formula is C18H18NOSi. The van der Waals surface area contributed by atoms with E-state index in [0.717, 1.165) is 17.3 Å². The fourth-order valence-corrected chi connectivity index (χ4v) is 5.23. The Labute approximate surface area is 126 Å². The molecule has 3 aromatic rings. The van der Waals surface area contributed by atoms with Crippen LogP contribution in [0, 0.1) is 6.07 Å². The van der Waals surface area contributed by atoms with Gasteiger partial charge in [0.05, 0.1) is 8.07 Å². The Balaban J connectivity index is 1.96. The quantitative estimate of drug-likeness (QED) is 0.683. The number of hydrogen-bond acceptors (Lipinski definition) is 2. The molecule has 0 aliphatic heterocycles. The highest BCUT2D eigenvalue weighted by Gasteiger charge is 2.25. The fraction of sp³-hybridized carbons (Fsp3) is 0.167. The van der Waals surface area contributed by atoms with Gasteiger partial charge < -0.3 is 4.42 Å². The highest BCUT2D eigenvalue weighted by atomic mass is 28.3. The van der Waals surface area contributed by atoms with Crippen LogP contribution in [0.25, 0.3) is 11.3 Å². The van der Waals surface area contributed by atoms with Gasteiger partial charge in [-0.3, -0.25) is 0 Å².